The van der Waals surface area contributed by atoms with Crippen LogP contribution in [0.25, 0.3) is 0 Å². The quantitative estimate of drug-likeness (QED) is 0.706. The first-order valence-corrected chi connectivity index (χ1v) is 10.3. The molecule has 3 aliphatic rings. The number of rotatable bonds is 2. The zero-order chi connectivity index (χ0) is 18.8. The van der Waals surface area contributed by atoms with Crippen LogP contribution in [0.4, 0.5) is 0 Å². The summed E-state index contributed by atoms with van der Waals surface area (Å²) in [5, 5.41) is 2.00. The summed E-state index contributed by atoms with van der Waals surface area (Å²) in [5.41, 5.74) is 1.91. The van der Waals surface area contributed by atoms with Crippen LogP contribution in [0.1, 0.15) is 27.7 Å². The fourth-order valence-electron chi connectivity index (χ4n) is 3.14. The number of hydrogen-bond donors (Lipinski definition) is 0. The number of carbonyl (C=O) groups excluding carboxylic acids is 2. The Balaban J connectivity index is 2.03. The van der Waals surface area contributed by atoms with Crippen molar-refractivity contribution >= 4 is 35.1 Å². The number of thioether (sulfide) groups is 2. The molecule has 0 fully saturated rings. The van der Waals surface area contributed by atoms with Gasteiger partial charge in [0.25, 0.3) is 0 Å². The molecule has 0 atom stereocenters. The smallest absolute Gasteiger partial charge is 0.168 e. The van der Waals surface area contributed by atoms with E-state index < -0.39 is 0 Å². The predicted molar refractivity (Wildman–Crippen MR) is 104 cm³/mol. The Kier molecular flexibility index (Phi) is 6.17. The minimum Gasteiger partial charge on any atom is -0.377 e. The Morgan fingerprint density at radius 2 is 1.15 bits per heavy atom. The Labute approximate surface area is 162 Å². The molecule has 26 heavy (non-hydrogen) atoms. The van der Waals surface area contributed by atoms with Crippen LogP contribution in [0.2, 0.25) is 0 Å². The molecule has 142 valence electrons. The molecule has 3 rings (SSSR count). The van der Waals surface area contributed by atoms with Crippen molar-refractivity contribution in [2.45, 2.75) is 27.7 Å². The minimum absolute atomic E-state index is 0.0627. The zero-order valence-corrected chi connectivity index (χ0v) is 17.2. The van der Waals surface area contributed by atoms with Gasteiger partial charge in [0, 0.05) is 24.5 Å². The van der Waals surface area contributed by atoms with E-state index >= 15 is 0 Å². The molecule has 0 saturated carbocycles. The number of allylic oxidation sites excluding steroid dienone is 4. The van der Waals surface area contributed by atoms with Crippen LogP contribution >= 0.6 is 23.5 Å². The van der Waals surface area contributed by atoms with Gasteiger partial charge in [-0.1, -0.05) is 23.5 Å². The highest BCUT2D eigenvalue weighted by atomic mass is 32.2. The second-order valence-electron chi connectivity index (χ2n) is 6.28. The van der Waals surface area contributed by atoms with Gasteiger partial charge in [0.15, 0.2) is 11.6 Å². The molecule has 0 N–H and O–H groups in total. The normalized spacial score (nSPS) is 25.1. The van der Waals surface area contributed by atoms with Crippen LogP contribution < -0.4 is 0 Å². The molecule has 0 aromatic rings. The fraction of sp³-hybridized carbons (Fsp3) is 0.556. The average molecular weight is 397 g/mol. The fourth-order valence-corrected chi connectivity index (χ4v) is 5.66. The summed E-state index contributed by atoms with van der Waals surface area (Å²) in [6.07, 6.45) is 0. The van der Waals surface area contributed by atoms with E-state index in [0.29, 0.717) is 39.5 Å². The summed E-state index contributed by atoms with van der Waals surface area (Å²) in [6, 6.07) is 0. The van der Waals surface area contributed by atoms with Gasteiger partial charge in [-0.25, -0.2) is 0 Å². The molecule has 0 aliphatic carbocycles. The Bertz CT molecular complexity index is 667. The number of Topliss-reactive ketones (excluding diaryl/α,β-unsaturated/α-hetero) is 2. The number of ketones is 2. The van der Waals surface area contributed by atoms with Crippen molar-refractivity contribution < 1.29 is 19.1 Å². The lowest BCUT2D eigenvalue weighted by Gasteiger charge is -2.28. The maximum absolute atomic E-state index is 12.1. The van der Waals surface area contributed by atoms with Crippen LogP contribution in [0, 0.1) is 0 Å². The van der Waals surface area contributed by atoms with E-state index in [9.17, 15) is 9.59 Å². The van der Waals surface area contributed by atoms with Crippen molar-refractivity contribution in [3.8, 4) is 0 Å². The van der Waals surface area contributed by atoms with Gasteiger partial charge in [-0.3, -0.25) is 9.59 Å². The Morgan fingerprint density at radius 3 is 1.50 bits per heavy atom. The second kappa shape index (κ2) is 8.21. The van der Waals surface area contributed by atoms with Gasteiger partial charge in [-0.05, 0) is 27.7 Å². The summed E-state index contributed by atoms with van der Waals surface area (Å²) in [6.45, 7) is 10.7. The topological polar surface area (TPSA) is 59.1 Å². The third kappa shape index (κ3) is 3.74. The molecule has 0 amide bonds. The molecule has 8 heteroatoms. The van der Waals surface area contributed by atoms with Crippen molar-refractivity contribution in [2.24, 2.45) is 0 Å². The standard InChI is InChI=1S/C18H24N2O4S2/c1-11-15(13(3)21)25-17-18-20(12(2)16(26-18)14(4)22)6-8-24-10-9-23-7-5-19(11)17/h5-10H2,1-4H3/b18-17-. The number of nitrogens with zero attached hydrogens (tertiary/aromatic N) is 2. The SMILES string of the molecule is CC(=O)C1=C(C)N2CCOCCOCCN3C(C)=C(C(C)=O)S/C3=C/2S1. The zero-order valence-electron chi connectivity index (χ0n) is 15.6. The molecular formula is C18H24N2O4S2. The minimum atomic E-state index is 0.0627. The largest absolute Gasteiger partial charge is 0.377 e. The highest BCUT2D eigenvalue weighted by molar-refractivity contribution is 8.11. The van der Waals surface area contributed by atoms with Gasteiger partial charge < -0.3 is 19.3 Å². The van der Waals surface area contributed by atoms with Gasteiger partial charge in [0.2, 0.25) is 0 Å². The van der Waals surface area contributed by atoms with Gasteiger partial charge in [0.1, 0.15) is 10.1 Å². The summed E-state index contributed by atoms with van der Waals surface area (Å²) in [4.78, 5) is 30.0. The van der Waals surface area contributed by atoms with Gasteiger partial charge >= 0.3 is 0 Å². The van der Waals surface area contributed by atoms with Crippen molar-refractivity contribution in [1.82, 2.24) is 9.80 Å². The predicted octanol–water partition coefficient (Wildman–Crippen LogP) is 2.90. The van der Waals surface area contributed by atoms with Crippen LogP contribution in [-0.4, -0.2) is 60.9 Å². The first-order valence-electron chi connectivity index (χ1n) is 8.66. The number of ether oxygens (including phenoxy) is 2. The third-order valence-corrected chi connectivity index (χ3v) is 7.39. The van der Waals surface area contributed by atoms with E-state index in [4.69, 9.17) is 9.47 Å². The highest BCUT2D eigenvalue weighted by Gasteiger charge is 2.37. The molecule has 3 heterocycles. The van der Waals surface area contributed by atoms with Gasteiger partial charge in [-0.15, -0.1) is 0 Å². The van der Waals surface area contributed by atoms with Crippen molar-refractivity contribution in [3.05, 3.63) is 31.3 Å². The van der Waals surface area contributed by atoms with E-state index in [-0.39, 0.29) is 11.6 Å². The van der Waals surface area contributed by atoms with Crippen molar-refractivity contribution in [3.63, 3.8) is 0 Å². The lowest BCUT2D eigenvalue weighted by molar-refractivity contribution is -0.113. The van der Waals surface area contributed by atoms with E-state index in [1.54, 1.807) is 13.8 Å². The average Bonchev–Trinajstić information content (AvgIpc) is 3.06. The monoisotopic (exact) mass is 396 g/mol. The first kappa shape index (κ1) is 19.5. The summed E-state index contributed by atoms with van der Waals surface area (Å²) in [7, 11) is 0. The summed E-state index contributed by atoms with van der Waals surface area (Å²) >= 11 is 2.98. The number of carbonyl (C=O) groups is 2. The Morgan fingerprint density at radius 1 is 0.769 bits per heavy atom. The van der Waals surface area contributed by atoms with E-state index in [0.717, 1.165) is 31.3 Å². The number of hydrogen-bond acceptors (Lipinski definition) is 8. The lowest BCUT2D eigenvalue weighted by atomic mass is 10.3. The molecule has 3 aliphatic heterocycles. The van der Waals surface area contributed by atoms with E-state index in [2.05, 4.69) is 9.80 Å². The molecule has 0 radical (unpaired) electrons. The van der Waals surface area contributed by atoms with E-state index in [1.165, 1.54) is 23.5 Å². The summed E-state index contributed by atoms with van der Waals surface area (Å²) in [5.74, 6) is 0.125. The molecule has 0 saturated heterocycles. The maximum atomic E-state index is 12.1. The molecular weight excluding hydrogens is 372 g/mol. The van der Waals surface area contributed by atoms with Crippen LogP contribution in [0.5, 0.6) is 0 Å². The van der Waals surface area contributed by atoms with E-state index in [1.807, 2.05) is 13.8 Å². The molecule has 0 aromatic carbocycles. The van der Waals surface area contributed by atoms with Crippen molar-refractivity contribution in [2.75, 3.05) is 39.5 Å². The second-order valence-corrected chi connectivity index (χ2v) is 8.28. The third-order valence-electron chi connectivity index (χ3n) is 4.47. The molecule has 0 bridgehead atoms. The number of fused-ring (bicyclic) bond motifs is 2. The molecule has 0 aromatic heterocycles. The summed E-state index contributed by atoms with van der Waals surface area (Å²) < 4.78 is 11.3. The van der Waals surface area contributed by atoms with Gasteiger partial charge in [-0.2, -0.15) is 0 Å². The Hall–Kier alpha value is -1.22. The van der Waals surface area contributed by atoms with Gasteiger partial charge in [0.05, 0.1) is 36.2 Å². The highest BCUT2D eigenvalue weighted by Crippen LogP contribution is 2.51. The molecule has 0 spiro atoms. The van der Waals surface area contributed by atoms with Crippen molar-refractivity contribution in [1.29, 1.82) is 0 Å². The van der Waals surface area contributed by atoms with Crippen LogP contribution in [-0.2, 0) is 19.1 Å². The lowest BCUT2D eigenvalue weighted by Crippen LogP contribution is -2.29. The molecule has 0 unspecified atom stereocenters. The maximum Gasteiger partial charge on any atom is 0.168 e. The van der Waals surface area contributed by atoms with Crippen LogP contribution in [0.15, 0.2) is 31.3 Å². The first-order chi connectivity index (χ1) is 12.4. The molecule has 6 nitrogen and oxygen atoms in total. The van der Waals surface area contributed by atoms with Crippen LogP contribution in [0.3, 0.4) is 0 Å².